The molecule has 7 heteroatoms. The van der Waals surface area contributed by atoms with E-state index in [2.05, 4.69) is 15.5 Å². The van der Waals surface area contributed by atoms with E-state index < -0.39 is 0 Å². The Morgan fingerprint density at radius 1 is 1.43 bits per heavy atom. The van der Waals surface area contributed by atoms with Crippen molar-refractivity contribution in [1.29, 1.82) is 0 Å². The predicted molar refractivity (Wildman–Crippen MR) is 91.6 cm³/mol. The molecule has 0 spiro atoms. The van der Waals surface area contributed by atoms with E-state index in [-0.39, 0.29) is 18.5 Å². The van der Waals surface area contributed by atoms with Gasteiger partial charge in [0.25, 0.3) is 0 Å². The Labute approximate surface area is 140 Å². The minimum atomic E-state index is -0.121. The second kappa shape index (κ2) is 8.12. The summed E-state index contributed by atoms with van der Waals surface area (Å²) in [7, 11) is 1.86. The number of carbonyl (C=O) groups excluding carboxylic acids is 1. The number of likely N-dealkylation sites (N-methyl/N-ethyl adjacent to an activating group) is 1. The van der Waals surface area contributed by atoms with Crippen LogP contribution in [-0.2, 0) is 11.2 Å². The van der Waals surface area contributed by atoms with Crippen LogP contribution in [0.4, 0.5) is 5.69 Å². The zero-order valence-corrected chi connectivity index (χ0v) is 14.7. The molecule has 0 bridgehead atoms. The first-order valence-corrected chi connectivity index (χ1v) is 8.73. The molecule has 1 heterocycles. The van der Waals surface area contributed by atoms with Gasteiger partial charge < -0.3 is 9.84 Å². The minimum Gasteiger partial charge on any atom is -0.338 e. The Hall–Kier alpha value is -1.86. The fourth-order valence-corrected chi connectivity index (χ4v) is 2.62. The number of rotatable bonds is 7. The molecule has 2 rings (SSSR count). The molecule has 6 nitrogen and oxygen atoms in total. The number of carbonyl (C=O) groups is 1. The molecule has 1 atom stereocenters. The fourth-order valence-electron chi connectivity index (χ4n) is 2.07. The molecule has 0 aliphatic rings. The lowest BCUT2D eigenvalue weighted by Crippen LogP contribution is -2.32. The van der Waals surface area contributed by atoms with Crippen LogP contribution in [0.25, 0.3) is 0 Å². The quantitative estimate of drug-likeness (QED) is 0.785. The van der Waals surface area contributed by atoms with Gasteiger partial charge in [-0.25, -0.2) is 0 Å². The van der Waals surface area contributed by atoms with Crippen molar-refractivity contribution in [3.63, 3.8) is 0 Å². The summed E-state index contributed by atoms with van der Waals surface area (Å²) in [6.07, 6.45) is 2.71. The number of hydrogen-bond donors (Lipinski definition) is 1. The summed E-state index contributed by atoms with van der Waals surface area (Å²) in [5, 5.41) is 6.84. The van der Waals surface area contributed by atoms with Crippen LogP contribution in [0.3, 0.4) is 0 Å². The van der Waals surface area contributed by atoms with Crippen molar-refractivity contribution < 1.29 is 9.32 Å². The van der Waals surface area contributed by atoms with Crippen molar-refractivity contribution in [2.24, 2.45) is 0 Å². The first-order chi connectivity index (χ1) is 11.0. The van der Waals surface area contributed by atoms with Gasteiger partial charge >= 0.3 is 0 Å². The number of aryl methyl sites for hydroxylation is 1. The van der Waals surface area contributed by atoms with Crippen molar-refractivity contribution in [3.8, 4) is 0 Å². The SMILES string of the molecule is CCc1noc(C(C)N(C)CC(=O)Nc2ccccc2SC)n1. The molecule has 0 fully saturated rings. The second-order valence-corrected chi connectivity index (χ2v) is 6.09. The molecule has 1 N–H and O–H groups in total. The first-order valence-electron chi connectivity index (χ1n) is 7.50. The summed E-state index contributed by atoms with van der Waals surface area (Å²) in [6, 6.07) is 7.63. The number of nitrogens with one attached hydrogen (secondary N) is 1. The van der Waals surface area contributed by atoms with E-state index >= 15 is 0 Å². The number of thioether (sulfide) groups is 1. The molecule has 0 aliphatic carbocycles. The van der Waals surface area contributed by atoms with Crippen molar-refractivity contribution in [2.45, 2.75) is 31.2 Å². The van der Waals surface area contributed by atoms with Crippen LogP contribution in [0.1, 0.15) is 31.6 Å². The van der Waals surface area contributed by atoms with Crippen LogP contribution in [0.2, 0.25) is 0 Å². The molecule has 1 aromatic heterocycles. The third kappa shape index (κ3) is 4.56. The summed E-state index contributed by atoms with van der Waals surface area (Å²) in [5.74, 6) is 1.14. The Balaban J connectivity index is 1.96. The van der Waals surface area contributed by atoms with Gasteiger partial charge in [0.15, 0.2) is 5.82 Å². The van der Waals surface area contributed by atoms with Crippen molar-refractivity contribution in [2.75, 3.05) is 25.2 Å². The molecule has 0 saturated carbocycles. The molecule has 1 unspecified atom stereocenters. The van der Waals surface area contributed by atoms with E-state index in [1.165, 1.54) is 0 Å². The van der Waals surface area contributed by atoms with E-state index in [4.69, 9.17) is 4.52 Å². The van der Waals surface area contributed by atoms with E-state index in [1.807, 2.05) is 56.3 Å². The first kappa shape index (κ1) is 17.5. The summed E-state index contributed by atoms with van der Waals surface area (Å²) in [4.78, 5) is 19.5. The molecule has 1 aromatic carbocycles. The summed E-state index contributed by atoms with van der Waals surface area (Å²) >= 11 is 1.60. The lowest BCUT2D eigenvalue weighted by molar-refractivity contribution is -0.117. The number of benzene rings is 1. The van der Waals surface area contributed by atoms with Gasteiger partial charge in [-0.05, 0) is 32.4 Å². The van der Waals surface area contributed by atoms with Gasteiger partial charge in [0, 0.05) is 11.3 Å². The van der Waals surface area contributed by atoms with Crippen LogP contribution in [-0.4, -0.2) is 40.8 Å². The van der Waals surface area contributed by atoms with Gasteiger partial charge in [0.1, 0.15) is 0 Å². The number of anilines is 1. The lowest BCUT2D eigenvalue weighted by atomic mass is 10.3. The maximum Gasteiger partial charge on any atom is 0.243 e. The normalized spacial score (nSPS) is 12.4. The van der Waals surface area contributed by atoms with Gasteiger partial charge in [0.05, 0.1) is 18.3 Å². The van der Waals surface area contributed by atoms with Crippen LogP contribution in [0.15, 0.2) is 33.7 Å². The van der Waals surface area contributed by atoms with Gasteiger partial charge in [-0.3, -0.25) is 9.69 Å². The molecular formula is C16H22N4O2S. The van der Waals surface area contributed by atoms with Crippen LogP contribution >= 0.6 is 11.8 Å². The summed E-state index contributed by atoms with van der Waals surface area (Å²) < 4.78 is 5.24. The maximum atomic E-state index is 12.3. The highest BCUT2D eigenvalue weighted by atomic mass is 32.2. The maximum absolute atomic E-state index is 12.3. The van der Waals surface area contributed by atoms with Crippen LogP contribution < -0.4 is 5.32 Å². The van der Waals surface area contributed by atoms with E-state index in [1.54, 1.807) is 11.8 Å². The average Bonchev–Trinajstić information content (AvgIpc) is 3.03. The number of aromatic nitrogens is 2. The molecule has 2 aromatic rings. The molecular weight excluding hydrogens is 312 g/mol. The van der Waals surface area contributed by atoms with Gasteiger partial charge in [-0.2, -0.15) is 4.98 Å². The molecule has 0 radical (unpaired) electrons. The summed E-state index contributed by atoms with van der Waals surface area (Å²) in [5.41, 5.74) is 0.831. The molecule has 23 heavy (non-hydrogen) atoms. The van der Waals surface area contributed by atoms with Crippen LogP contribution in [0.5, 0.6) is 0 Å². The zero-order valence-electron chi connectivity index (χ0n) is 13.9. The lowest BCUT2D eigenvalue weighted by Gasteiger charge is -2.21. The Kier molecular flexibility index (Phi) is 6.18. The topological polar surface area (TPSA) is 71.3 Å². The predicted octanol–water partition coefficient (Wildman–Crippen LogP) is 2.99. The monoisotopic (exact) mass is 334 g/mol. The zero-order chi connectivity index (χ0) is 16.8. The number of nitrogens with zero attached hydrogens (tertiary/aromatic N) is 3. The smallest absolute Gasteiger partial charge is 0.243 e. The third-order valence-corrected chi connectivity index (χ3v) is 4.39. The minimum absolute atomic E-state index is 0.0731. The largest absolute Gasteiger partial charge is 0.338 e. The highest BCUT2D eigenvalue weighted by Gasteiger charge is 2.20. The standard InChI is InChI=1S/C16H22N4O2S/c1-5-14-18-16(22-19-14)11(2)20(3)10-15(21)17-12-8-6-7-9-13(12)23-4/h6-9,11H,5,10H2,1-4H3,(H,17,21). The second-order valence-electron chi connectivity index (χ2n) is 5.24. The van der Waals surface area contributed by atoms with Gasteiger partial charge in [-0.15, -0.1) is 11.8 Å². The van der Waals surface area contributed by atoms with Crippen LogP contribution in [0, 0.1) is 0 Å². The third-order valence-electron chi connectivity index (χ3n) is 3.59. The van der Waals surface area contributed by atoms with Crippen molar-refractivity contribution in [1.82, 2.24) is 15.0 Å². The van der Waals surface area contributed by atoms with Crippen molar-refractivity contribution in [3.05, 3.63) is 36.0 Å². The summed E-state index contributed by atoms with van der Waals surface area (Å²) in [6.45, 7) is 4.16. The molecule has 0 aliphatic heterocycles. The Bertz CT molecular complexity index is 659. The highest BCUT2D eigenvalue weighted by molar-refractivity contribution is 7.98. The number of para-hydroxylation sites is 1. The fraction of sp³-hybridized carbons (Fsp3) is 0.438. The Morgan fingerprint density at radius 3 is 2.83 bits per heavy atom. The molecule has 1 amide bonds. The molecule has 124 valence electrons. The highest BCUT2D eigenvalue weighted by Crippen LogP contribution is 2.24. The van der Waals surface area contributed by atoms with Crippen molar-refractivity contribution >= 4 is 23.4 Å². The van der Waals surface area contributed by atoms with E-state index in [0.717, 1.165) is 17.0 Å². The average molecular weight is 334 g/mol. The van der Waals surface area contributed by atoms with E-state index in [9.17, 15) is 4.79 Å². The Morgan fingerprint density at radius 2 is 2.17 bits per heavy atom. The van der Waals surface area contributed by atoms with Gasteiger partial charge in [0.2, 0.25) is 11.8 Å². The molecule has 0 saturated heterocycles. The number of hydrogen-bond acceptors (Lipinski definition) is 6. The van der Waals surface area contributed by atoms with E-state index in [0.29, 0.717) is 11.7 Å². The van der Waals surface area contributed by atoms with Gasteiger partial charge in [-0.1, -0.05) is 24.2 Å². The number of amides is 1.